The van der Waals surface area contributed by atoms with E-state index >= 15 is 0 Å². The second kappa shape index (κ2) is 16.8. The molecule has 3 N–H and O–H groups in total. The number of carbonyl (C=O) groups excluding carboxylic acids is 1. The van der Waals surface area contributed by atoms with Crippen LogP contribution < -0.4 is 16.0 Å². The molecule has 0 unspecified atom stereocenters. The molecule has 0 saturated heterocycles. The average Bonchev–Trinajstić information content (AvgIpc) is 3.39. The molecule has 8 heteroatoms. The fourth-order valence-electron chi connectivity index (χ4n) is 2.01. The van der Waals surface area contributed by atoms with Crippen LogP contribution in [0.3, 0.4) is 0 Å². The van der Waals surface area contributed by atoms with Gasteiger partial charge in [-0.2, -0.15) is 0 Å². The Morgan fingerprint density at radius 1 is 1.04 bits per heavy atom. The van der Waals surface area contributed by atoms with Crippen molar-refractivity contribution in [3.05, 3.63) is 0 Å². The quantitative estimate of drug-likeness (QED) is 0.156. The molecule has 1 aliphatic rings. The molecule has 148 valence electrons. The van der Waals surface area contributed by atoms with Gasteiger partial charge in [-0.3, -0.25) is 9.79 Å². The van der Waals surface area contributed by atoms with Gasteiger partial charge < -0.3 is 25.4 Å². The fraction of sp³-hybridized carbons (Fsp3) is 0.882. The number of aliphatic imine (C=N–C) groups is 1. The van der Waals surface area contributed by atoms with Gasteiger partial charge >= 0.3 is 0 Å². The topological polar surface area (TPSA) is 84.0 Å². The molecule has 1 aliphatic carbocycles. The molecule has 1 rings (SSSR count). The average molecular weight is 470 g/mol. The number of nitrogens with zero attached hydrogens (tertiary/aromatic N) is 1. The van der Waals surface area contributed by atoms with Gasteiger partial charge in [0.1, 0.15) is 0 Å². The highest BCUT2D eigenvalue weighted by Crippen LogP contribution is 2.18. The fourth-order valence-corrected chi connectivity index (χ4v) is 2.01. The summed E-state index contributed by atoms with van der Waals surface area (Å²) in [5.74, 6) is 0.886. The molecule has 0 radical (unpaired) electrons. The van der Waals surface area contributed by atoms with Crippen molar-refractivity contribution in [2.45, 2.75) is 51.5 Å². The molecule has 0 bridgehead atoms. The zero-order valence-electron chi connectivity index (χ0n) is 15.6. The number of rotatable bonds is 14. The lowest BCUT2D eigenvalue weighted by molar-refractivity contribution is -0.121. The first-order valence-corrected chi connectivity index (χ1v) is 9.15. The highest BCUT2D eigenvalue weighted by Gasteiger charge is 2.22. The Bertz CT molecular complexity index is 366. The normalized spacial score (nSPS) is 13.9. The van der Waals surface area contributed by atoms with Crippen LogP contribution in [0.1, 0.15) is 45.4 Å². The molecule has 0 aromatic rings. The first-order valence-electron chi connectivity index (χ1n) is 9.15. The van der Waals surface area contributed by atoms with Gasteiger partial charge in [0.05, 0.1) is 19.8 Å². The van der Waals surface area contributed by atoms with E-state index in [0.717, 1.165) is 51.2 Å². The second-order valence-corrected chi connectivity index (χ2v) is 5.95. The Morgan fingerprint density at radius 2 is 1.72 bits per heavy atom. The Balaban J connectivity index is 0.00000576. The molecule has 1 amide bonds. The van der Waals surface area contributed by atoms with Crippen LogP contribution in [0, 0.1) is 0 Å². The Hall–Kier alpha value is -0.610. The molecule has 0 aromatic heterocycles. The maximum atomic E-state index is 11.6. The van der Waals surface area contributed by atoms with Gasteiger partial charge in [-0.25, -0.2) is 0 Å². The zero-order chi connectivity index (χ0) is 17.5. The van der Waals surface area contributed by atoms with Crippen LogP contribution in [-0.4, -0.2) is 64.5 Å². The summed E-state index contributed by atoms with van der Waals surface area (Å²) in [6, 6.07) is 0.442. The van der Waals surface area contributed by atoms with E-state index in [1.165, 1.54) is 0 Å². The van der Waals surface area contributed by atoms with E-state index in [1.807, 2.05) is 0 Å². The molecule has 0 aliphatic heterocycles. The lowest BCUT2D eigenvalue weighted by Gasteiger charge is -2.12. The number of halogens is 1. The minimum atomic E-state index is 0. The number of unbranched alkanes of at least 4 members (excludes halogenated alkanes) is 1. The van der Waals surface area contributed by atoms with Crippen molar-refractivity contribution < 1.29 is 14.3 Å². The van der Waals surface area contributed by atoms with Crippen molar-refractivity contribution in [3.8, 4) is 0 Å². The van der Waals surface area contributed by atoms with Gasteiger partial charge in [0.2, 0.25) is 5.91 Å². The predicted octanol–water partition coefficient (Wildman–Crippen LogP) is 1.66. The molecular formula is C17H35IN4O3. The van der Waals surface area contributed by atoms with Crippen LogP contribution in [0.15, 0.2) is 4.99 Å². The first-order chi connectivity index (χ1) is 11.8. The largest absolute Gasteiger partial charge is 0.379 e. The van der Waals surface area contributed by atoms with Crippen LogP contribution in [0.5, 0.6) is 0 Å². The third kappa shape index (κ3) is 15.4. The minimum Gasteiger partial charge on any atom is -0.379 e. The van der Waals surface area contributed by atoms with Crippen LogP contribution in [0.25, 0.3) is 0 Å². The van der Waals surface area contributed by atoms with Gasteiger partial charge in [-0.1, -0.05) is 13.3 Å². The first kappa shape index (κ1) is 24.4. The number of hydrogen-bond donors (Lipinski definition) is 3. The summed E-state index contributed by atoms with van der Waals surface area (Å²) in [6.07, 6.45) is 5.88. The van der Waals surface area contributed by atoms with E-state index in [-0.39, 0.29) is 29.9 Å². The zero-order valence-corrected chi connectivity index (χ0v) is 18.0. The van der Waals surface area contributed by atoms with Crippen LogP contribution in [0.2, 0.25) is 0 Å². The van der Waals surface area contributed by atoms with E-state index in [2.05, 4.69) is 27.9 Å². The molecule has 25 heavy (non-hydrogen) atoms. The monoisotopic (exact) mass is 470 g/mol. The van der Waals surface area contributed by atoms with Crippen molar-refractivity contribution in [1.29, 1.82) is 0 Å². The van der Waals surface area contributed by atoms with Gasteiger partial charge in [-0.15, -0.1) is 24.0 Å². The van der Waals surface area contributed by atoms with Gasteiger partial charge in [-0.05, 0) is 25.7 Å². The molecule has 0 aromatic carbocycles. The summed E-state index contributed by atoms with van der Waals surface area (Å²) in [6.45, 7) is 6.26. The van der Waals surface area contributed by atoms with Crippen molar-refractivity contribution in [3.63, 3.8) is 0 Å². The highest BCUT2D eigenvalue weighted by atomic mass is 127. The van der Waals surface area contributed by atoms with E-state index < -0.39 is 0 Å². The lowest BCUT2D eigenvalue weighted by Crippen LogP contribution is -2.39. The number of guanidine groups is 1. The molecular weight excluding hydrogens is 435 g/mol. The molecule has 7 nitrogen and oxygen atoms in total. The summed E-state index contributed by atoms with van der Waals surface area (Å²) in [7, 11) is 1.73. The summed E-state index contributed by atoms with van der Waals surface area (Å²) in [5.41, 5.74) is 0. The number of carbonyl (C=O) groups is 1. The highest BCUT2D eigenvalue weighted by molar-refractivity contribution is 14.0. The third-order valence-electron chi connectivity index (χ3n) is 3.59. The van der Waals surface area contributed by atoms with Gasteiger partial charge in [0.15, 0.2) is 5.96 Å². The Labute approximate surface area is 169 Å². The second-order valence-electron chi connectivity index (χ2n) is 5.95. The molecule has 0 atom stereocenters. The number of nitrogens with one attached hydrogen (secondary N) is 3. The number of hydrogen-bond acceptors (Lipinski definition) is 4. The predicted molar refractivity (Wildman–Crippen MR) is 112 cm³/mol. The van der Waals surface area contributed by atoms with Crippen LogP contribution in [0.4, 0.5) is 0 Å². The maximum absolute atomic E-state index is 11.6. The van der Waals surface area contributed by atoms with Crippen molar-refractivity contribution in [1.82, 2.24) is 16.0 Å². The van der Waals surface area contributed by atoms with Crippen LogP contribution in [-0.2, 0) is 14.3 Å². The minimum absolute atomic E-state index is 0. The Morgan fingerprint density at radius 3 is 2.36 bits per heavy atom. The number of amides is 1. The summed E-state index contributed by atoms with van der Waals surface area (Å²) >= 11 is 0. The third-order valence-corrected chi connectivity index (χ3v) is 3.59. The van der Waals surface area contributed by atoms with E-state index in [9.17, 15) is 4.79 Å². The number of ether oxygens (including phenoxy) is 2. The summed E-state index contributed by atoms with van der Waals surface area (Å²) in [5, 5.41) is 9.37. The Kier molecular flexibility index (Phi) is 16.4. The van der Waals surface area contributed by atoms with Gasteiger partial charge in [0.25, 0.3) is 0 Å². The molecule has 0 spiro atoms. The van der Waals surface area contributed by atoms with E-state index in [4.69, 9.17) is 9.47 Å². The van der Waals surface area contributed by atoms with Gasteiger partial charge in [0, 0.05) is 39.2 Å². The van der Waals surface area contributed by atoms with Crippen molar-refractivity contribution in [2.75, 3.05) is 46.6 Å². The van der Waals surface area contributed by atoms with Crippen molar-refractivity contribution in [2.24, 2.45) is 4.99 Å². The maximum Gasteiger partial charge on any atom is 0.220 e. The molecule has 1 fully saturated rings. The van der Waals surface area contributed by atoms with Crippen LogP contribution >= 0.6 is 24.0 Å². The summed E-state index contributed by atoms with van der Waals surface area (Å²) in [4.78, 5) is 15.7. The summed E-state index contributed by atoms with van der Waals surface area (Å²) < 4.78 is 10.9. The van der Waals surface area contributed by atoms with Crippen molar-refractivity contribution >= 4 is 35.8 Å². The smallest absolute Gasteiger partial charge is 0.220 e. The standard InChI is InChI=1S/C17H34N4O3.HI/c1-3-4-11-23-13-14-24-12-10-20-17(18-2)19-9-5-6-16(22)21-15-7-8-15;/h15H,3-14H2,1-2H3,(H,21,22)(H2,18,19,20);1H. The molecule has 1 saturated carbocycles. The lowest BCUT2D eigenvalue weighted by atomic mass is 10.3. The van der Waals surface area contributed by atoms with E-state index in [0.29, 0.717) is 38.8 Å². The SMILES string of the molecule is CCCCOCCOCCNC(=NC)NCCCC(=O)NC1CC1.I. The molecule has 0 heterocycles. The van der Waals surface area contributed by atoms with E-state index in [1.54, 1.807) is 7.05 Å².